The van der Waals surface area contributed by atoms with E-state index in [0.29, 0.717) is 11.4 Å². The Kier molecular flexibility index (Phi) is 4.42. The van der Waals surface area contributed by atoms with E-state index in [1.807, 2.05) is 0 Å². The number of nitrogens with one attached hydrogen (secondary N) is 1. The normalized spacial score (nSPS) is 16.8. The van der Waals surface area contributed by atoms with Crippen molar-refractivity contribution in [2.75, 3.05) is 16.8 Å². The van der Waals surface area contributed by atoms with Gasteiger partial charge in [0.1, 0.15) is 5.82 Å². The summed E-state index contributed by atoms with van der Waals surface area (Å²) in [6.07, 6.45) is 0.0518. The molecular weight excluding hydrogens is 329 g/mol. The minimum absolute atomic E-state index is 0.0518. The highest BCUT2D eigenvalue weighted by molar-refractivity contribution is 6.03. The van der Waals surface area contributed by atoms with Gasteiger partial charge in [-0.15, -0.1) is 0 Å². The summed E-state index contributed by atoms with van der Waals surface area (Å²) in [4.78, 5) is 36.0. The van der Waals surface area contributed by atoms with Gasteiger partial charge in [-0.05, 0) is 36.4 Å². The highest BCUT2D eigenvalue weighted by atomic mass is 19.1. The van der Waals surface area contributed by atoms with Crippen molar-refractivity contribution in [2.24, 2.45) is 5.92 Å². The highest BCUT2D eigenvalue weighted by Gasteiger charge is 2.35. The van der Waals surface area contributed by atoms with E-state index in [1.165, 1.54) is 53.4 Å². The largest absolute Gasteiger partial charge is 0.326 e. The maximum absolute atomic E-state index is 13.0. The van der Waals surface area contributed by atoms with Gasteiger partial charge in [-0.25, -0.2) is 4.39 Å². The number of nitro groups is 1. The van der Waals surface area contributed by atoms with E-state index in [9.17, 15) is 24.1 Å². The lowest BCUT2D eigenvalue weighted by molar-refractivity contribution is -0.384. The molecule has 0 spiro atoms. The zero-order valence-corrected chi connectivity index (χ0v) is 13.0. The van der Waals surface area contributed by atoms with Crippen LogP contribution in [0, 0.1) is 21.8 Å². The third kappa shape index (κ3) is 3.63. The Hall–Kier alpha value is -3.29. The number of halogens is 1. The van der Waals surface area contributed by atoms with Crippen LogP contribution in [0.25, 0.3) is 0 Å². The molecule has 1 aliphatic heterocycles. The first kappa shape index (κ1) is 16.6. The van der Waals surface area contributed by atoms with Crippen LogP contribution in [-0.4, -0.2) is 23.3 Å². The number of hydrogen-bond acceptors (Lipinski definition) is 4. The van der Waals surface area contributed by atoms with Gasteiger partial charge in [0.25, 0.3) is 5.69 Å². The fourth-order valence-electron chi connectivity index (χ4n) is 2.66. The molecule has 2 amide bonds. The molecule has 1 aliphatic rings. The lowest BCUT2D eigenvalue weighted by Crippen LogP contribution is -2.28. The Morgan fingerprint density at radius 3 is 2.40 bits per heavy atom. The molecule has 2 aromatic rings. The van der Waals surface area contributed by atoms with E-state index in [4.69, 9.17) is 0 Å². The summed E-state index contributed by atoms with van der Waals surface area (Å²) in [5.41, 5.74) is 0.886. The molecule has 0 bridgehead atoms. The Bertz CT molecular complexity index is 821. The van der Waals surface area contributed by atoms with Crippen LogP contribution in [-0.2, 0) is 9.59 Å². The number of anilines is 2. The molecule has 1 N–H and O–H groups in total. The smallest absolute Gasteiger partial charge is 0.269 e. The van der Waals surface area contributed by atoms with E-state index in [-0.39, 0.29) is 30.5 Å². The monoisotopic (exact) mass is 343 g/mol. The zero-order chi connectivity index (χ0) is 18.0. The first-order chi connectivity index (χ1) is 11.9. The number of rotatable bonds is 4. The summed E-state index contributed by atoms with van der Waals surface area (Å²) in [5, 5.41) is 13.3. The number of hydrogen-bond donors (Lipinski definition) is 1. The van der Waals surface area contributed by atoms with Crippen molar-refractivity contribution >= 4 is 28.9 Å². The van der Waals surface area contributed by atoms with Gasteiger partial charge in [-0.3, -0.25) is 19.7 Å². The number of nitrogens with zero attached hydrogens (tertiary/aromatic N) is 2. The average Bonchev–Trinajstić information content (AvgIpc) is 2.98. The van der Waals surface area contributed by atoms with Gasteiger partial charge in [0, 0.05) is 36.5 Å². The topological polar surface area (TPSA) is 92.5 Å². The number of carbonyl (C=O) groups is 2. The molecule has 1 heterocycles. The van der Waals surface area contributed by atoms with Crippen LogP contribution < -0.4 is 10.2 Å². The Morgan fingerprint density at radius 1 is 1.16 bits per heavy atom. The van der Waals surface area contributed by atoms with E-state index >= 15 is 0 Å². The number of amides is 2. The van der Waals surface area contributed by atoms with Gasteiger partial charge in [0.2, 0.25) is 11.8 Å². The quantitative estimate of drug-likeness (QED) is 0.682. The van der Waals surface area contributed by atoms with Gasteiger partial charge in [0.05, 0.1) is 10.8 Å². The van der Waals surface area contributed by atoms with Crippen LogP contribution in [0.2, 0.25) is 0 Å². The minimum Gasteiger partial charge on any atom is -0.326 e. The van der Waals surface area contributed by atoms with Gasteiger partial charge < -0.3 is 10.2 Å². The van der Waals surface area contributed by atoms with Crippen LogP contribution >= 0.6 is 0 Å². The van der Waals surface area contributed by atoms with Crippen molar-refractivity contribution in [3.8, 4) is 0 Å². The molecule has 0 saturated carbocycles. The molecule has 0 aromatic heterocycles. The zero-order valence-electron chi connectivity index (χ0n) is 13.0. The molecule has 1 saturated heterocycles. The number of benzene rings is 2. The molecule has 128 valence electrons. The molecular formula is C17H14FN3O4. The van der Waals surface area contributed by atoms with Crippen molar-refractivity contribution in [3.05, 3.63) is 64.5 Å². The van der Waals surface area contributed by atoms with Crippen LogP contribution in [0.15, 0.2) is 48.5 Å². The molecule has 1 fully saturated rings. The van der Waals surface area contributed by atoms with E-state index < -0.39 is 16.7 Å². The van der Waals surface area contributed by atoms with Gasteiger partial charge >= 0.3 is 0 Å². The van der Waals surface area contributed by atoms with Crippen LogP contribution in [0.3, 0.4) is 0 Å². The summed E-state index contributed by atoms with van der Waals surface area (Å²) in [5.74, 6) is -1.50. The minimum atomic E-state index is -0.548. The third-order valence-electron chi connectivity index (χ3n) is 3.98. The van der Waals surface area contributed by atoms with Gasteiger partial charge in [-0.2, -0.15) is 0 Å². The summed E-state index contributed by atoms with van der Waals surface area (Å²) in [6, 6.07) is 10.9. The predicted octanol–water partition coefficient (Wildman–Crippen LogP) is 2.73. The molecule has 7 nitrogen and oxygen atoms in total. The summed E-state index contributed by atoms with van der Waals surface area (Å²) in [6.45, 7) is 0.198. The van der Waals surface area contributed by atoms with Crippen LogP contribution in [0.1, 0.15) is 6.42 Å². The summed E-state index contributed by atoms with van der Waals surface area (Å²) >= 11 is 0. The van der Waals surface area contributed by atoms with E-state index in [0.717, 1.165) is 0 Å². The van der Waals surface area contributed by atoms with Crippen molar-refractivity contribution in [1.82, 2.24) is 0 Å². The first-order valence-corrected chi connectivity index (χ1v) is 7.55. The van der Waals surface area contributed by atoms with Crippen molar-refractivity contribution in [2.45, 2.75) is 6.42 Å². The molecule has 0 radical (unpaired) electrons. The van der Waals surface area contributed by atoms with Crippen LogP contribution in [0.5, 0.6) is 0 Å². The Labute approximate surface area is 142 Å². The molecule has 0 unspecified atom stereocenters. The maximum Gasteiger partial charge on any atom is 0.269 e. The summed E-state index contributed by atoms with van der Waals surface area (Å²) in [7, 11) is 0. The SMILES string of the molecule is O=C(Nc1ccc([N+](=O)[O-])cc1)[C@H]1CC(=O)N(c2ccc(F)cc2)C1. The number of non-ortho nitro benzene ring substituents is 1. The maximum atomic E-state index is 13.0. The number of nitro benzene ring substituents is 1. The summed E-state index contributed by atoms with van der Waals surface area (Å²) < 4.78 is 13.0. The van der Waals surface area contributed by atoms with Gasteiger partial charge in [0.15, 0.2) is 0 Å². The standard InChI is InChI=1S/C17H14FN3O4/c18-12-1-5-14(6-2-12)20-10-11(9-16(20)22)17(23)19-13-3-7-15(8-4-13)21(24)25/h1-8,11H,9-10H2,(H,19,23)/t11-/m0/s1. The van der Waals surface area contributed by atoms with Crippen molar-refractivity contribution in [3.63, 3.8) is 0 Å². The molecule has 3 rings (SSSR count). The lowest BCUT2D eigenvalue weighted by Gasteiger charge is -2.16. The van der Waals surface area contributed by atoms with Crippen LogP contribution in [0.4, 0.5) is 21.5 Å². The highest BCUT2D eigenvalue weighted by Crippen LogP contribution is 2.26. The average molecular weight is 343 g/mol. The predicted molar refractivity (Wildman–Crippen MR) is 88.6 cm³/mol. The molecule has 25 heavy (non-hydrogen) atoms. The second kappa shape index (κ2) is 6.68. The molecule has 2 aromatic carbocycles. The second-order valence-corrected chi connectivity index (χ2v) is 5.68. The molecule has 0 aliphatic carbocycles. The third-order valence-corrected chi connectivity index (χ3v) is 3.98. The Balaban J connectivity index is 1.66. The van der Waals surface area contributed by atoms with Gasteiger partial charge in [-0.1, -0.05) is 0 Å². The van der Waals surface area contributed by atoms with E-state index in [1.54, 1.807) is 0 Å². The lowest BCUT2D eigenvalue weighted by atomic mass is 10.1. The molecule has 1 atom stereocenters. The Morgan fingerprint density at radius 2 is 1.80 bits per heavy atom. The van der Waals surface area contributed by atoms with Crippen molar-refractivity contribution in [1.29, 1.82) is 0 Å². The fraction of sp³-hybridized carbons (Fsp3) is 0.176. The van der Waals surface area contributed by atoms with E-state index in [2.05, 4.69) is 5.32 Å². The second-order valence-electron chi connectivity index (χ2n) is 5.68. The molecule has 8 heteroatoms. The first-order valence-electron chi connectivity index (χ1n) is 7.55. The number of carbonyl (C=O) groups excluding carboxylic acids is 2. The van der Waals surface area contributed by atoms with Crippen molar-refractivity contribution < 1.29 is 18.9 Å². The fourth-order valence-corrected chi connectivity index (χ4v) is 2.66.